The van der Waals surface area contributed by atoms with E-state index in [-0.39, 0.29) is 11.4 Å². The van der Waals surface area contributed by atoms with Gasteiger partial charge in [0, 0.05) is 11.6 Å². The Morgan fingerprint density at radius 1 is 1.12 bits per heavy atom. The van der Waals surface area contributed by atoms with Gasteiger partial charge in [0.2, 0.25) is 10.0 Å². The smallest absolute Gasteiger partial charge is 0.318 e. The molecule has 0 aliphatic heterocycles. The minimum Gasteiger partial charge on any atom is -0.497 e. The van der Waals surface area contributed by atoms with Crippen molar-refractivity contribution in [3.8, 4) is 5.75 Å². The van der Waals surface area contributed by atoms with E-state index in [9.17, 15) is 13.2 Å². The largest absolute Gasteiger partial charge is 0.497 e. The molecule has 0 aliphatic rings. The van der Waals surface area contributed by atoms with Gasteiger partial charge in [-0.2, -0.15) is 4.31 Å². The lowest BCUT2D eigenvalue weighted by molar-refractivity contribution is -0.137. The van der Waals surface area contributed by atoms with Gasteiger partial charge < -0.3 is 9.84 Å². The summed E-state index contributed by atoms with van der Waals surface area (Å²) in [7, 11) is -2.49. The van der Waals surface area contributed by atoms with E-state index in [1.54, 1.807) is 24.3 Å². The van der Waals surface area contributed by atoms with Crippen molar-refractivity contribution in [3.05, 3.63) is 59.1 Å². The second-order valence-corrected chi connectivity index (χ2v) is 7.34. The average molecular weight is 370 g/mol. The topological polar surface area (TPSA) is 83.9 Å². The zero-order chi connectivity index (χ0) is 17.7. The molecule has 0 aliphatic carbocycles. The summed E-state index contributed by atoms with van der Waals surface area (Å²) in [5.41, 5.74) is 0.637. The van der Waals surface area contributed by atoms with Crippen LogP contribution in [0.5, 0.6) is 5.75 Å². The van der Waals surface area contributed by atoms with Crippen LogP contribution in [0, 0.1) is 0 Å². The van der Waals surface area contributed by atoms with Gasteiger partial charge in [-0.3, -0.25) is 4.79 Å². The number of halogens is 1. The number of ether oxygens (including phenoxy) is 1. The van der Waals surface area contributed by atoms with Crippen LogP contribution in [-0.4, -0.2) is 37.5 Å². The molecule has 0 bridgehead atoms. The number of carboxylic acids is 1. The molecule has 0 atom stereocenters. The summed E-state index contributed by atoms with van der Waals surface area (Å²) in [6.07, 6.45) is 0. The summed E-state index contributed by atoms with van der Waals surface area (Å²) in [5, 5.41) is 9.57. The Labute approximate surface area is 145 Å². The quantitative estimate of drug-likeness (QED) is 0.811. The molecule has 0 unspecified atom stereocenters. The average Bonchev–Trinajstić information content (AvgIpc) is 2.56. The highest BCUT2D eigenvalue weighted by atomic mass is 35.5. The molecule has 1 N–H and O–H groups in total. The van der Waals surface area contributed by atoms with Gasteiger partial charge in [-0.25, -0.2) is 8.42 Å². The van der Waals surface area contributed by atoms with Crippen LogP contribution in [-0.2, 0) is 21.4 Å². The number of carboxylic acid groups (broad SMARTS) is 1. The molecular formula is C16H16ClNO5S. The normalized spacial score (nSPS) is 11.5. The fourth-order valence-corrected chi connectivity index (χ4v) is 3.57. The van der Waals surface area contributed by atoms with E-state index in [2.05, 4.69) is 0 Å². The Morgan fingerprint density at radius 2 is 1.71 bits per heavy atom. The third-order valence-corrected chi connectivity index (χ3v) is 5.34. The molecular weight excluding hydrogens is 354 g/mol. The van der Waals surface area contributed by atoms with Crippen LogP contribution in [0.25, 0.3) is 0 Å². The molecule has 0 aromatic heterocycles. The van der Waals surface area contributed by atoms with E-state index in [0.29, 0.717) is 16.3 Å². The maximum atomic E-state index is 12.7. The molecule has 2 rings (SSSR count). The Hall–Kier alpha value is -2.09. The predicted molar refractivity (Wildman–Crippen MR) is 89.7 cm³/mol. The van der Waals surface area contributed by atoms with Crippen molar-refractivity contribution < 1.29 is 23.1 Å². The number of rotatable bonds is 7. The molecule has 2 aromatic carbocycles. The number of aliphatic carboxylic acids is 1. The molecule has 0 spiro atoms. The number of nitrogens with zero attached hydrogens (tertiary/aromatic N) is 1. The van der Waals surface area contributed by atoms with Crippen LogP contribution >= 0.6 is 11.6 Å². The number of sulfonamides is 1. The van der Waals surface area contributed by atoms with Crippen molar-refractivity contribution in [3.63, 3.8) is 0 Å². The molecule has 128 valence electrons. The zero-order valence-electron chi connectivity index (χ0n) is 12.8. The monoisotopic (exact) mass is 369 g/mol. The van der Waals surface area contributed by atoms with E-state index in [4.69, 9.17) is 21.4 Å². The van der Waals surface area contributed by atoms with E-state index < -0.39 is 22.5 Å². The number of benzene rings is 2. The SMILES string of the molecule is COc1ccc(S(=O)(=O)N(CC(=O)O)Cc2ccc(Cl)cc2)cc1. The number of hydrogen-bond donors (Lipinski definition) is 1. The van der Waals surface area contributed by atoms with E-state index in [0.717, 1.165) is 4.31 Å². The van der Waals surface area contributed by atoms with Crippen molar-refractivity contribution in [1.82, 2.24) is 4.31 Å². The first-order chi connectivity index (χ1) is 11.3. The number of methoxy groups -OCH3 is 1. The summed E-state index contributed by atoms with van der Waals surface area (Å²) in [5.74, 6) is -0.725. The van der Waals surface area contributed by atoms with Crippen LogP contribution in [0.1, 0.15) is 5.56 Å². The van der Waals surface area contributed by atoms with Crippen LogP contribution in [0.3, 0.4) is 0 Å². The molecule has 24 heavy (non-hydrogen) atoms. The lowest BCUT2D eigenvalue weighted by Gasteiger charge is -2.20. The van der Waals surface area contributed by atoms with Crippen LogP contribution < -0.4 is 4.74 Å². The van der Waals surface area contributed by atoms with E-state index >= 15 is 0 Å². The predicted octanol–water partition coefficient (Wildman–Crippen LogP) is 2.62. The summed E-state index contributed by atoms with van der Waals surface area (Å²) < 4.78 is 31.4. The number of hydrogen-bond acceptors (Lipinski definition) is 4. The highest BCUT2D eigenvalue weighted by Crippen LogP contribution is 2.21. The molecule has 0 heterocycles. The lowest BCUT2D eigenvalue weighted by Crippen LogP contribution is -2.35. The van der Waals surface area contributed by atoms with Crippen molar-refractivity contribution in [2.75, 3.05) is 13.7 Å². The van der Waals surface area contributed by atoms with Gasteiger partial charge in [-0.1, -0.05) is 23.7 Å². The molecule has 8 heteroatoms. The van der Waals surface area contributed by atoms with Gasteiger partial charge in [0.1, 0.15) is 12.3 Å². The van der Waals surface area contributed by atoms with Gasteiger partial charge in [-0.05, 0) is 42.0 Å². The van der Waals surface area contributed by atoms with Crippen LogP contribution in [0.2, 0.25) is 5.02 Å². The Kier molecular flexibility index (Phi) is 5.82. The van der Waals surface area contributed by atoms with Gasteiger partial charge in [0.05, 0.1) is 12.0 Å². The van der Waals surface area contributed by atoms with Crippen molar-refractivity contribution >= 4 is 27.6 Å². The minimum atomic E-state index is -3.97. The second kappa shape index (κ2) is 7.65. The molecule has 0 amide bonds. The Bertz CT molecular complexity index is 803. The fraction of sp³-hybridized carbons (Fsp3) is 0.188. The third-order valence-electron chi connectivity index (χ3n) is 3.28. The first kappa shape index (κ1) is 18.3. The Balaban J connectivity index is 2.33. The molecule has 0 fully saturated rings. The van der Waals surface area contributed by atoms with Gasteiger partial charge in [0.15, 0.2) is 0 Å². The first-order valence-electron chi connectivity index (χ1n) is 6.93. The first-order valence-corrected chi connectivity index (χ1v) is 8.75. The zero-order valence-corrected chi connectivity index (χ0v) is 14.4. The minimum absolute atomic E-state index is 0.00138. The molecule has 0 saturated heterocycles. The maximum absolute atomic E-state index is 12.7. The van der Waals surface area contributed by atoms with Crippen molar-refractivity contribution in [2.24, 2.45) is 0 Å². The third kappa shape index (κ3) is 4.47. The lowest BCUT2D eigenvalue weighted by atomic mass is 10.2. The summed E-state index contributed by atoms with van der Waals surface area (Å²) in [4.78, 5) is 11.1. The summed E-state index contributed by atoms with van der Waals surface area (Å²) in [6, 6.07) is 12.3. The van der Waals surface area contributed by atoms with Crippen molar-refractivity contribution in [2.45, 2.75) is 11.4 Å². The second-order valence-electron chi connectivity index (χ2n) is 4.97. The Morgan fingerprint density at radius 3 is 2.21 bits per heavy atom. The van der Waals surface area contributed by atoms with Gasteiger partial charge >= 0.3 is 5.97 Å². The highest BCUT2D eigenvalue weighted by molar-refractivity contribution is 7.89. The van der Waals surface area contributed by atoms with Gasteiger partial charge in [0.25, 0.3) is 0 Å². The number of carbonyl (C=O) groups is 1. The summed E-state index contributed by atoms with van der Waals surface area (Å²) >= 11 is 5.81. The maximum Gasteiger partial charge on any atom is 0.318 e. The fourth-order valence-electron chi connectivity index (χ4n) is 2.07. The molecule has 2 aromatic rings. The molecule has 0 radical (unpaired) electrons. The van der Waals surface area contributed by atoms with Gasteiger partial charge in [-0.15, -0.1) is 0 Å². The molecule has 6 nitrogen and oxygen atoms in total. The van der Waals surface area contributed by atoms with Crippen molar-refractivity contribution in [1.29, 1.82) is 0 Å². The highest BCUT2D eigenvalue weighted by Gasteiger charge is 2.26. The van der Waals surface area contributed by atoms with Crippen LogP contribution in [0.15, 0.2) is 53.4 Å². The standard InChI is InChI=1S/C16H16ClNO5S/c1-23-14-6-8-15(9-7-14)24(21,22)18(11-16(19)20)10-12-2-4-13(17)5-3-12/h2-9H,10-11H2,1H3,(H,19,20). The van der Waals surface area contributed by atoms with Crippen LogP contribution in [0.4, 0.5) is 0 Å². The summed E-state index contributed by atoms with van der Waals surface area (Å²) in [6.45, 7) is -0.713. The van der Waals surface area contributed by atoms with E-state index in [1.807, 2.05) is 0 Å². The molecule has 0 saturated carbocycles. The van der Waals surface area contributed by atoms with E-state index in [1.165, 1.54) is 31.4 Å².